The lowest BCUT2D eigenvalue weighted by Crippen LogP contribution is -2.49. The lowest BCUT2D eigenvalue weighted by molar-refractivity contribution is -0.137. The highest BCUT2D eigenvalue weighted by molar-refractivity contribution is 5.76. The van der Waals surface area contributed by atoms with Crippen LogP contribution in [0, 0.1) is 12.3 Å². The Hall–Kier alpha value is -1.70. The van der Waals surface area contributed by atoms with Gasteiger partial charge in [0.1, 0.15) is 0 Å². The molecule has 0 aromatic carbocycles. The maximum absolute atomic E-state index is 11.7. The summed E-state index contributed by atoms with van der Waals surface area (Å²) in [6.45, 7) is 5.81. The van der Waals surface area contributed by atoms with Crippen molar-refractivity contribution in [2.45, 2.75) is 32.7 Å². The first kappa shape index (κ1) is 14.3. The Labute approximate surface area is 95.8 Å². The van der Waals surface area contributed by atoms with E-state index in [4.69, 9.17) is 11.5 Å². The molecule has 2 amide bonds. The molecule has 0 aliphatic rings. The average molecular weight is 226 g/mol. The lowest BCUT2D eigenvalue weighted by Gasteiger charge is -2.26. The number of carboxylic acid groups (broad SMARTS) is 1. The number of carbonyl (C=O) groups excluding carboxylic acids is 1. The molecule has 0 atom stereocenters. The van der Waals surface area contributed by atoms with Gasteiger partial charge < -0.3 is 15.3 Å². The van der Waals surface area contributed by atoms with Crippen molar-refractivity contribution in [2.24, 2.45) is 0 Å². The lowest BCUT2D eigenvalue weighted by atomic mass is 10.1. The summed E-state index contributed by atoms with van der Waals surface area (Å²) in [6.07, 6.45) is 5.17. The number of nitrogens with zero attached hydrogens (tertiary/aromatic N) is 1. The van der Waals surface area contributed by atoms with E-state index in [9.17, 15) is 9.59 Å². The van der Waals surface area contributed by atoms with Crippen molar-refractivity contribution in [3.8, 4) is 12.3 Å². The van der Waals surface area contributed by atoms with Crippen LogP contribution in [0.25, 0.3) is 0 Å². The van der Waals surface area contributed by atoms with E-state index >= 15 is 0 Å². The largest absolute Gasteiger partial charge is 0.481 e. The van der Waals surface area contributed by atoms with Crippen LogP contribution < -0.4 is 5.32 Å². The molecule has 0 unspecified atom stereocenters. The van der Waals surface area contributed by atoms with Gasteiger partial charge in [0.25, 0.3) is 0 Å². The second kappa shape index (κ2) is 6.01. The normalized spacial score (nSPS) is 10.4. The van der Waals surface area contributed by atoms with Crippen LogP contribution in [-0.2, 0) is 4.79 Å². The van der Waals surface area contributed by atoms with Crippen LogP contribution in [-0.4, -0.2) is 40.6 Å². The smallest absolute Gasteiger partial charge is 0.318 e. The van der Waals surface area contributed by atoms with Crippen molar-refractivity contribution < 1.29 is 14.7 Å². The van der Waals surface area contributed by atoms with E-state index in [-0.39, 0.29) is 19.0 Å². The predicted molar refractivity (Wildman–Crippen MR) is 60.9 cm³/mol. The topological polar surface area (TPSA) is 69.6 Å². The fourth-order valence-corrected chi connectivity index (χ4v) is 1.02. The molecule has 0 bridgehead atoms. The molecule has 0 radical (unpaired) electrons. The molecule has 5 nitrogen and oxygen atoms in total. The van der Waals surface area contributed by atoms with Gasteiger partial charge >= 0.3 is 12.0 Å². The number of terminal acetylenes is 1. The van der Waals surface area contributed by atoms with E-state index < -0.39 is 11.5 Å². The second-order valence-electron chi connectivity index (χ2n) is 3.92. The van der Waals surface area contributed by atoms with Gasteiger partial charge in [0.05, 0.1) is 12.0 Å². The molecule has 2 N–H and O–H groups in total. The number of aliphatic carboxylic acids is 1. The fourth-order valence-electron chi connectivity index (χ4n) is 1.02. The van der Waals surface area contributed by atoms with Gasteiger partial charge in [0, 0.05) is 13.1 Å². The van der Waals surface area contributed by atoms with Crippen molar-refractivity contribution in [2.75, 3.05) is 13.1 Å². The first-order valence-corrected chi connectivity index (χ1v) is 5.09. The van der Waals surface area contributed by atoms with Crippen molar-refractivity contribution in [3.63, 3.8) is 0 Å². The van der Waals surface area contributed by atoms with Crippen LogP contribution in [0.4, 0.5) is 4.79 Å². The number of nitrogens with one attached hydrogen (secondary N) is 1. The number of hydrogen-bond donors (Lipinski definition) is 2. The van der Waals surface area contributed by atoms with Crippen LogP contribution in [0.1, 0.15) is 27.2 Å². The fraction of sp³-hybridized carbons (Fsp3) is 0.636. The van der Waals surface area contributed by atoms with Crippen molar-refractivity contribution in [1.82, 2.24) is 10.2 Å². The summed E-state index contributed by atoms with van der Waals surface area (Å²) in [5.74, 6) is 1.51. The van der Waals surface area contributed by atoms with Gasteiger partial charge in [0.2, 0.25) is 0 Å². The molecule has 0 rings (SSSR count). The number of carboxylic acids is 1. The molecule has 5 heteroatoms. The van der Waals surface area contributed by atoms with E-state index in [0.717, 1.165) is 0 Å². The SMILES string of the molecule is C#CC(C)(C)NC(=O)N(CC)CCC(=O)O. The quantitative estimate of drug-likeness (QED) is 0.684. The van der Waals surface area contributed by atoms with Crippen molar-refractivity contribution >= 4 is 12.0 Å². The highest BCUT2D eigenvalue weighted by Crippen LogP contribution is 2.01. The highest BCUT2D eigenvalue weighted by atomic mass is 16.4. The van der Waals surface area contributed by atoms with Crippen LogP contribution in [0.5, 0.6) is 0 Å². The van der Waals surface area contributed by atoms with Gasteiger partial charge in [-0.25, -0.2) is 4.79 Å². The zero-order valence-corrected chi connectivity index (χ0v) is 9.91. The zero-order chi connectivity index (χ0) is 12.8. The number of carbonyl (C=O) groups is 2. The molecule has 0 fully saturated rings. The summed E-state index contributed by atoms with van der Waals surface area (Å²) in [5.41, 5.74) is -0.728. The zero-order valence-electron chi connectivity index (χ0n) is 9.91. The number of amides is 2. The molecular weight excluding hydrogens is 208 g/mol. The summed E-state index contributed by atoms with van der Waals surface area (Å²) < 4.78 is 0. The van der Waals surface area contributed by atoms with Crippen molar-refractivity contribution in [1.29, 1.82) is 0 Å². The first-order valence-electron chi connectivity index (χ1n) is 5.09. The summed E-state index contributed by atoms with van der Waals surface area (Å²) in [4.78, 5) is 23.5. The van der Waals surface area contributed by atoms with E-state index in [1.165, 1.54) is 4.90 Å². The molecular formula is C11H18N2O3. The molecule has 0 aromatic rings. The highest BCUT2D eigenvalue weighted by Gasteiger charge is 2.20. The second-order valence-corrected chi connectivity index (χ2v) is 3.92. The summed E-state index contributed by atoms with van der Waals surface area (Å²) in [6, 6.07) is -0.341. The molecule has 0 saturated heterocycles. The monoisotopic (exact) mass is 226 g/mol. The Bertz CT molecular complexity index is 305. The third kappa shape index (κ3) is 5.25. The molecule has 0 aliphatic heterocycles. The van der Waals surface area contributed by atoms with Gasteiger partial charge in [-0.15, -0.1) is 6.42 Å². The molecule has 0 aliphatic carbocycles. The van der Waals surface area contributed by atoms with Gasteiger partial charge in [-0.3, -0.25) is 4.79 Å². The van der Waals surface area contributed by atoms with Crippen LogP contribution in [0.3, 0.4) is 0 Å². The van der Waals surface area contributed by atoms with Gasteiger partial charge in [-0.1, -0.05) is 5.92 Å². The first-order chi connectivity index (χ1) is 7.32. The predicted octanol–water partition coefficient (Wildman–Crippen LogP) is 0.904. The van der Waals surface area contributed by atoms with Gasteiger partial charge in [-0.2, -0.15) is 0 Å². The maximum Gasteiger partial charge on any atom is 0.318 e. The van der Waals surface area contributed by atoms with E-state index in [2.05, 4.69) is 11.2 Å². The molecule has 0 saturated carbocycles. The molecule has 0 spiro atoms. The Morgan fingerprint density at radius 1 is 1.50 bits per heavy atom. The van der Waals surface area contributed by atoms with Crippen LogP contribution >= 0.6 is 0 Å². The summed E-state index contributed by atoms with van der Waals surface area (Å²) in [5, 5.41) is 11.2. The van der Waals surface area contributed by atoms with Gasteiger partial charge in [0.15, 0.2) is 0 Å². The minimum Gasteiger partial charge on any atom is -0.481 e. The number of hydrogen-bond acceptors (Lipinski definition) is 2. The van der Waals surface area contributed by atoms with Crippen LogP contribution in [0.2, 0.25) is 0 Å². The summed E-state index contributed by atoms with van der Waals surface area (Å²) in [7, 11) is 0. The maximum atomic E-state index is 11.7. The number of urea groups is 1. The van der Waals surface area contributed by atoms with Crippen LogP contribution in [0.15, 0.2) is 0 Å². The molecule has 16 heavy (non-hydrogen) atoms. The average Bonchev–Trinajstić information content (AvgIpc) is 2.17. The number of rotatable bonds is 5. The van der Waals surface area contributed by atoms with E-state index in [1.807, 2.05) is 0 Å². The Morgan fingerprint density at radius 3 is 2.44 bits per heavy atom. The summed E-state index contributed by atoms with van der Waals surface area (Å²) >= 11 is 0. The molecule has 0 aromatic heterocycles. The Balaban J connectivity index is 4.33. The van der Waals surface area contributed by atoms with E-state index in [1.54, 1.807) is 20.8 Å². The van der Waals surface area contributed by atoms with E-state index in [0.29, 0.717) is 6.54 Å². The standard InChI is InChI=1S/C11H18N2O3/c1-5-11(3,4)12-10(16)13(6-2)8-7-9(14)15/h1H,6-8H2,2-4H3,(H,12,16)(H,14,15). The van der Waals surface area contributed by atoms with Crippen molar-refractivity contribution in [3.05, 3.63) is 0 Å². The minimum atomic E-state index is -0.928. The minimum absolute atomic E-state index is 0.0717. The third-order valence-corrected chi connectivity index (χ3v) is 2.04. The van der Waals surface area contributed by atoms with Gasteiger partial charge in [-0.05, 0) is 20.8 Å². The Morgan fingerprint density at radius 2 is 2.06 bits per heavy atom. The molecule has 90 valence electrons. The Kier molecular flexibility index (Phi) is 5.37. The molecule has 0 heterocycles. The third-order valence-electron chi connectivity index (χ3n) is 2.04.